The Balaban J connectivity index is 1.96. The molecular formula is C18H12ClNO5. The summed E-state index contributed by atoms with van der Waals surface area (Å²) in [5, 5.41) is 13.2. The van der Waals surface area contributed by atoms with E-state index in [-0.39, 0.29) is 28.3 Å². The van der Waals surface area contributed by atoms with Crippen LogP contribution in [0, 0.1) is 0 Å². The highest BCUT2D eigenvalue weighted by Gasteiger charge is 2.36. The van der Waals surface area contributed by atoms with Crippen LogP contribution in [0.2, 0.25) is 5.02 Å². The molecule has 0 fully saturated rings. The monoisotopic (exact) mass is 357 g/mol. The first kappa shape index (κ1) is 15.5. The van der Waals surface area contributed by atoms with Crippen molar-refractivity contribution in [1.29, 1.82) is 0 Å². The van der Waals surface area contributed by atoms with Gasteiger partial charge in [0.25, 0.3) is 5.91 Å². The first-order chi connectivity index (χ1) is 12.0. The molecule has 1 aromatic heterocycles. The Labute approximate surface area is 146 Å². The zero-order chi connectivity index (χ0) is 17.7. The van der Waals surface area contributed by atoms with Gasteiger partial charge in [-0.1, -0.05) is 17.7 Å². The van der Waals surface area contributed by atoms with Crippen molar-refractivity contribution in [2.24, 2.45) is 0 Å². The van der Waals surface area contributed by atoms with E-state index in [1.54, 1.807) is 24.3 Å². The number of phenolic OH excluding ortho intramolecular Hbond substituents is 1. The van der Waals surface area contributed by atoms with Gasteiger partial charge in [0.05, 0.1) is 24.1 Å². The third-order valence-corrected chi connectivity index (χ3v) is 4.43. The number of carbonyl (C=O) groups excluding carboxylic acids is 1. The van der Waals surface area contributed by atoms with Gasteiger partial charge in [0.1, 0.15) is 5.58 Å². The molecule has 3 aromatic rings. The van der Waals surface area contributed by atoms with E-state index in [9.17, 15) is 14.7 Å². The van der Waals surface area contributed by atoms with E-state index in [0.29, 0.717) is 21.6 Å². The van der Waals surface area contributed by atoms with Crippen molar-refractivity contribution in [1.82, 2.24) is 5.32 Å². The van der Waals surface area contributed by atoms with E-state index in [1.807, 2.05) is 0 Å². The lowest BCUT2D eigenvalue weighted by molar-refractivity contribution is 0.0938. The second-order valence-corrected chi connectivity index (χ2v) is 6.09. The first-order valence-electron chi connectivity index (χ1n) is 7.43. The zero-order valence-electron chi connectivity index (χ0n) is 13.0. The van der Waals surface area contributed by atoms with Crippen LogP contribution in [0.3, 0.4) is 0 Å². The molecule has 126 valence electrons. The number of hydrogen-bond acceptors (Lipinski definition) is 5. The Hall–Kier alpha value is -2.99. The lowest BCUT2D eigenvalue weighted by atomic mass is 9.99. The Bertz CT molecular complexity index is 1090. The number of phenols is 1. The SMILES string of the molecule is COc1cc([C@@H]2NC(=O)c3oc4ccc(Cl)cc4c(=O)c32)ccc1O. The van der Waals surface area contributed by atoms with E-state index in [1.165, 1.54) is 19.2 Å². The number of hydrogen-bond donors (Lipinski definition) is 2. The van der Waals surface area contributed by atoms with Gasteiger partial charge in [-0.15, -0.1) is 0 Å². The predicted molar refractivity (Wildman–Crippen MR) is 91.5 cm³/mol. The molecule has 0 spiro atoms. The van der Waals surface area contributed by atoms with Crippen LogP contribution in [0.5, 0.6) is 11.5 Å². The van der Waals surface area contributed by atoms with Crippen LogP contribution in [-0.2, 0) is 0 Å². The molecule has 1 amide bonds. The molecule has 1 aliphatic heterocycles. The molecule has 2 aromatic carbocycles. The van der Waals surface area contributed by atoms with E-state index in [4.69, 9.17) is 20.8 Å². The van der Waals surface area contributed by atoms with Crippen LogP contribution in [0.1, 0.15) is 27.7 Å². The minimum atomic E-state index is -0.698. The van der Waals surface area contributed by atoms with E-state index in [0.717, 1.165) is 0 Å². The van der Waals surface area contributed by atoms with E-state index < -0.39 is 11.9 Å². The fourth-order valence-corrected chi connectivity index (χ4v) is 3.18. The fourth-order valence-electron chi connectivity index (χ4n) is 3.01. The highest BCUT2D eigenvalue weighted by Crippen LogP contribution is 2.35. The number of nitrogens with one attached hydrogen (secondary N) is 1. The molecule has 0 saturated heterocycles. The number of carbonyl (C=O) groups is 1. The molecule has 7 heteroatoms. The van der Waals surface area contributed by atoms with Gasteiger partial charge < -0.3 is 19.6 Å². The Kier molecular flexibility index (Phi) is 3.43. The summed E-state index contributed by atoms with van der Waals surface area (Å²) in [5.41, 5.74) is 0.782. The zero-order valence-corrected chi connectivity index (χ0v) is 13.8. The Morgan fingerprint density at radius 2 is 2.00 bits per heavy atom. The quantitative estimate of drug-likeness (QED) is 0.736. The summed E-state index contributed by atoms with van der Waals surface area (Å²) in [7, 11) is 1.42. The summed E-state index contributed by atoms with van der Waals surface area (Å²) in [5.74, 6) is -0.278. The number of methoxy groups -OCH3 is 1. The van der Waals surface area contributed by atoms with Crippen molar-refractivity contribution in [2.75, 3.05) is 7.11 Å². The second kappa shape index (κ2) is 5.53. The van der Waals surface area contributed by atoms with Gasteiger partial charge in [-0.05, 0) is 35.9 Å². The molecule has 0 bridgehead atoms. The summed E-state index contributed by atoms with van der Waals surface area (Å²) in [4.78, 5) is 25.2. The van der Waals surface area contributed by atoms with Gasteiger partial charge >= 0.3 is 0 Å². The van der Waals surface area contributed by atoms with E-state index >= 15 is 0 Å². The molecule has 2 heterocycles. The van der Waals surface area contributed by atoms with Gasteiger partial charge in [-0.25, -0.2) is 0 Å². The average Bonchev–Trinajstić information content (AvgIpc) is 2.93. The maximum Gasteiger partial charge on any atom is 0.288 e. The molecule has 0 saturated carbocycles. The molecule has 6 nitrogen and oxygen atoms in total. The number of aromatic hydroxyl groups is 1. The molecule has 1 atom stereocenters. The highest BCUT2D eigenvalue weighted by molar-refractivity contribution is 6.31. The summed E-state index contributed by atoms with van der Waals surface area (Å²) in [6.45, 7) is 0. The Morgan fingerprint density at radius 1 is 1.20 bits per heavy atom. The molecule has 0 unspecified atom stereocenters. The molecule has 0 aliphatic carbocycles. The Morgan fingerprint density at radius 3 is 2.76 bits per heavy atom. The van der Waals surface area contributed by atoms with Gasteiger partial charge in [-0.3, -0.25) is 9.59 Å². The number of amides is 1. The van der Waals surface area contributed by atoms with E-state index in [2.05, 4.69) is 5.32 Å². The van der Waals surface area contributed by atoms with Crippen molar-refractivity contribution in [3.8, 4) is 11.5 Å². The van der Waals surface area contributed by atoms with Crippen LogP contribution >= 0.6 is 11.6 Å². The summed E-state index contributed by atoms with van der Waals surface area (Å²) >= 11 is 5.97. The second-order valence-electron chi connectivity index (χ2n) is 5.65. The molecule has 4 rings (SSSR count). The number of rotatable bonds is 2. The third-order valence-electron chi connectivity index (χ3n) is 4.19. The van der Waals surface area contributed by atoms with Crippen molar-refractivity contribution in [3.63, 3.8) is 0 Å². The standard InChI is InChI=1S/C18H12ClNO5/c1-24-13-6-8(2-4-11(13)21)15-14-16(22)10-7-9(19)3-5-12(10)25-17(14)18(23)20-15/h2-7,15,21H,1H3,(H,20,23)/t15-/m0/s1. The van der Waals surface area contributed by atoms with Gasteiger partial charge in [-0.2, -0.15) is 0 Å². The summed E-state index contributed by atoms with van der Waals surface area (Å²) in [6.07, 6.45) is 0. The van der Waals surface area contributed by atoms with Crippen LogP contribution in [0.25, 0.3) is 11.0 Å². The van der Waals surface area contributed by atoms with Gasteiger partial charge in [0, 0.05) is 5.02 Å². The molecule has 1 aliphatic rings. The molecule has 2 N–H and O–H groups in total. The number of benzene rings is 2. The fraction of sp³-hybridized carbons (Fsp3) is 0.111. The lowest BCUT2D eigenvalue weighted by Crippen LogP contribution is -2.21. The predicted octanol–water partition coefficient (Wildman–Crippen LogP) is 2.99. The minimum Gasteiger partial charge on any atom is -0.504 e. The summed E-state index contributed by atoms with van der Waals surface area (Å²) < 4.78 is 10.7. The van der Waals surface area contributed by atoms with Gasteiger partial charge in [0.15, 0.2) is 16.9 Å². The first-order valence-corrected chi connectivity index (χ1v) is 7.81. The van der Waals surface area contributed by atoms with Crippen molar-refractivity contribution in [2.45, 2.75) is 6.04 Å². The molecule has 0 radical (unpaired) electrons. The maximum absolute atomic E-state index is 12.9. The maximum atomic E-state index is 12.9. The molecular weight excluding hydrogens is 346 g/mol. The normalized spacial score (nSPS) is 15.9. The highest BCUT2D eigenvalue weighted by atomic mass is 35.5. The van der Waals surface area contributed by atoms with Crippen LogP contribution in [0.4, 0.5) is 0 Å². The van der Waals surface area contributed by atoms with Crippen molar-refractivity contribution >= 4 is 28.5 Å². The average molecular weight is 358 g/mol. The third kappa shape index (κ3) is 2.34. The van der Waals surface area contributed by atoms with Crippen molar-refractivity contribution in [3.05, 3.63) is 68.5 Å². The molecule has 25 heavy (non-hydrogen) atoms. The van der Waals surface area contributed by atoms with Crippen LogP contribution in [0.15, 0.2) is 45.6 Å². The largest absolute Gasteiger partial charge is 0.504 e. The minimum absolute atomic E-state index is 0.0168. The van der Waals surface area contributed by atoms with Gasteiger partial charge in [0.2, 0.25) is 5.76 Å². The lowest BCUT2D eigenvalue weighted by Gasteiger charge is -2.13. The van der Waals surface area contributed by atoms with Crippen LogP contribution in [-0.4, -0.2) is 18.1 Å². The topological polar surface area (TPSA) is 88.8 Å². The summed E-state index contributed by atoms with van der Waals surface area (Å²) in [6, 6.07) is 8.59. The van der Waals surface area contributed by atoms with Crippen LogP contribution < -0.4 is 15.5 Å². The van der Waals surface area contributed by atoms with Crippen molar-refractivity contribution < 1.29 is 19.1 Å². The number of ether oxygens (including phenoxy) is 1. The number of fused-ring (bicyclic) bond motifs is 2. The number of halogens is 1. The smallest absolute Gasteiger partial charge is 0.288 e.